The lowest BCUT2D eigenvalue weighted by atomic mass is 10.3. The second-order valence-electron chi connectivity index (χ2n) is 3.15. The van der Waals surface area contributed by atoms with Gasteiger partial charge in [0.2, 0.25) is 0 Å². The van der Waals surface area contributed by atoms with Crippen LogP contribution in [0.3, 0.4) is 0 Å². The van der Waals surface area contributed by atoms with Crippen molar-refractivity contribution in [1.29, 1.82) is 0 Å². The Morgan fingerprint density at radius 2 is 1.36 bits per heavy atom. The molecule has 1 aliphatic rings. The Labute approximate surface area is 83.9 Å². The standard InChI is InChI=1S/C6H8O4.C4H8/c7-5-1-2-6(8)10-4-3-9-5;1-4(2)3/h1-4H2;1H2,2-3H3. The fourth-order valence-electron chi connectivity index (χ4n) is 0.659. The third kappa shape index (κ3) is 8.77. The van der Waals surface area contributed by atoms with Crippen LogP contribution < -0.4 is 0 Å². The number of rotatable bonds is 0. The Morgan fingerprint density at radius 1 is 1.07 bits per heavy atom. The van der Waals surface area contributed by atoms with E-state index in [1.165, 1.54) is 5.57 Å². The van der Waals surface area contributed by atoms with Crippen molar-refractivity contribution in [1.82, 2.24) is 0 Å². The average Bonchev–Trinajstić information content (AvgIpc) is 2.05. The Bertz CT molecular complexity index is 198. The number of carbonyl (C=O) groups is 2. The van der Waals surface area contributed by atoms with Crippen LogP contribution in [0.5, 0.6) is 0 Å². The summed E-state index contributed by atoms with van der Waals surface area (Å²) in [6.07, 6.45) is 0.275. The molecule has 0 radical (unpaired) electrons. The topological polar surface area (TPSA) is 52.6 Å². The van der Waals surface area contributed by atoms with E-state index >= 15 is 0 Å². The van der Waals surface area contributed by atoms with E-state index in [1.807, 2.05) is 13.8 Å². The first-order valence-corrected chi connectivity index (χ1v) is 4.45. The van der Waals surface area contributed by atoms with Crippen LogP contribution in [0.4, 0.5) is 0 Å². The van der Waals surface area contributed by atoms with Crippen LogP contribution in [0.1, 0.15) is 26.7 Å². The number of esters is 2. The lowest BCUT2D eigenvalue weighted by Gasteiger charge is -2.09. The van der Waals surface area contributed by atoms with Crippen LogP contribution in [-0.4, -0.2) is 25.2 Å². The molecule has 1 heterocycles. The van der Waals surface area contributed by atoms with Crippen molar-refractivity contribution >= 4 is 11.9 Å². The van der Waals surface area contributed by atoms with E-state index in [2.05, 4.69) is 16.1 Å². The SMILES string of the molecule is C=C(C)C.O=C1CCC(=O)OCCO1. The molecular formula is C10H16O4. The first kappa shape index (κ1) is 12.7. The largest absolute Gasteiger partial charge is 0.462 e. The number of hydrogen-bond donors (Lipinski definition) is 0. The van der Waals surface area contributed by atoms with Crippen LogP contribution in [0.2, 0.25) is 0 Å². The van der Waals surface area contributed by atoms with E-state index < -0.39 is 0 Å². The van der Waals surface area contributed by atoms with Crippen molar-refractivity contribution in [3.63, 3.8) is 0 Å². The smallest absolute Gasteiger partial charge is 0.306 e. The van der Waals surface area contributed by atoms with Gasteiger partial charge in [-0.2, -0.15) is 0 Å². The molecule has 0 spiro atoms. The first-order chi connectivity index (χ1) is 6.52. The van der Waals surface area contributed by atoms with Gasteiger partial charge in [-0.15, -0.1) is 6.58 Å². The van der Waals surface area contributed by atoms with Crippen LogP contribution in [0, 0.1) is 0 Å². The van der Waals surface area contributed by atoms with Gasteiger partial charge in [-0.25, -0.2) is 0 Å². The quantitative estimate of drug-likeness (QED) is 0.438. The monoisotopic (exact) mass is 200 g/mol. The maximum absolute atomic E-state index is 10.6. The summed E-state index contributed by atoms with van der Waals surface area (Å²) in [5.41, 5.74) is 1.17. The van der Waals surface area contributed by atoms with Gasteiger partial charge >= 0.3 is 11.9 Å². The molecule has 0 atom stereocenters. The molecule has 0 aromatic carbocycles. The van der Waals surface area contributed by atoms with E-state index in [1.54, 1.807) is 0 Å². The van der Waals surface area contributed by atoms with E-state index in [4.69, 9.17) is 0 Å². The van der Waals surface area contributed by atoms with Crippen molar-refractivity contribution in [2.24, 2.45) is 0 Å². The predicted molar refractivity (Wildman–Crippen MR) is 51.6 cm³/mol. The van der Waals surface area contributed by atoms with Crippen LogP contribution in [0.15, 0.2) is 12.2 Å². The summed E-state index contributed by atoms with van der Waals surface area (Å²) in [6.45, 7) is 7.87. The summed E-state index contributed by atoms with van der Waals surface area (Å²) in [4.78, 5) is 21.1. The summed E-state index contributed by atoms with van der Waals surface area (Å²) >= 11 is 0. The normalized spacial score (nSPS) is 16.4. The molecular weight excluding hydrogens is 184 g/mol. The molecule has 0 aromatic heterocycles. The molecule has 0 unspecified atom stereocenters. The van der Waals surface area contributed by atoms with Crippen LogP contribution >= 0.6 is 0 Å². The van der Waals surface area contributed by atoms with Crippen molar-refractivity contribution in [3.8, 4) is 0 Å². The van der Waals surface area contributed by atoms with Gasteiger partial charge in [-0.3, -0.25) is 9.59 Å². The molecule has 0 aliphatic carbocycles. The van der Waals surface area contributed by atoms with Gasteiger partial charge < -0.3 is 9.47 Å². The molecule has 80 valence electrons. The predicted octanol–water partition coefficient (Wildman–Crippen LogP) is 1.45. The van der Waals surface area contributed by atoms with Crippen LogP contribution in [-0.2, 0) is 19.1 Å². The fraction of sp³-hybridized carbons (Fsp3) is 0.600. The molecule has 0 N–H and O–H groups in total. The van der Waals surface area contributed by atoms with E-state index in [-0.39, 0.29) is 38.0 Å². The summed E-state index contributed by atoms with van der Waals surface area (Å²) in [5.74, 6) is -0.645. The molecule has 4 heteroatoms. The number of carbonyl (C=O) groups excluding carboxylic acids is 2. The third-order valence-corrected chi connectivity index (χ3v) is 1.14. The summed E-state index contributed by atoms with van der Waals surface area (Å²) in [6, 6.07) is 0. The van der Waals surface area contributed by atoms with Gasteiger partial charge in [0.15, 0.2) is 0 Å². The Kier molecular flexibility index (Phi) is 6.45. The molecule has 0 aromatic rings. The molecule has 4 nitrogen and oxygen atoms in total. The number of cyclic esters (lactones) is 2. The number of ether oxygens (including phenoxy) is 2. The molecule has 1 aliphatic heterocycles. The summed E-state index contributed by atoms with van der Waals surface area (Å²) in [5, 5.41) is 0. The van der Waals surface area contributed by atoms with Crippen molar-refractivity contribution < 1.29 is 19.1 Å². The lowest BCUT2D eigenvalue weighted by molar-refractivity contribution is -0.158. The second-order valence-corrected chi connectivity index (χ2v) is 3.15. The molecule has 14 heavy (non-hydrogen) atoms. The minimum absolute atomic E-state index is 0.138. The zero-order chi connectivity index (χ0) is 11.0. The maximum atomic E-state index is 10.6. The molecule has 0 bridgehead atoms. The highest BCUT2D eigenvalue weighted by Gasteiger charge is 2.12. The Morgan fingerprint density at radius 3 is 1.64 bits per heavy atom. The average molecular weight is 200 g/mol. The van der Waals surface area contributed by atoms with Crippen LogP contribution in [0.25, 0.3) is 0 Å². The van der Waals surface area contributed by atoms with Gasteiger partial charge in [0.05, 0.1) is 12.8 Å². The zero-order valence-electron chi connectivity index (χ0n) is 8.67. The highest BCUT2D eigenvalue weighted by molar-refractivity contribution is 5.78. The van der Waals surface area contributed by atoms with Gasteiger partial charge in [-0.1, -0.05) is 5.57 Å². The molecule has 0 saturated carbocycles. The summed E-state index contributed by atoms with van der Waals surface area (Å²) in [7, 11) is 0. The van der Waals surface area contributed by atoms with Crippen molar-refractivity contribution in [2.45, 2.75) is 26.7 Å². The molecule has 0 amide bonds. The van der Waals surface area contributed by atoms with E-state index in [0.29, 0.717) is 0 Å². The minimum atomic E-state index is -0.323. The number of allylic oxidation sites excluding steroid dienone is 1. The second kappa shape index (κ2) is 7.12. The molecule has 1 saturated heterocycles. The zero-order valence-corrected chi connectivity index (χ0v) is 8.67. The molecule has 1 fully saturated rings. The summed E-state index contributed by atoms with van der Waals surface area (Å²) < 4.78 is 9.23. The minimum Gasteiger partial charge on any atom is -0.462 e. The third-order valence-electron chi connectivity index (χ3n) is 1.14. The Balaban J connectivity index is 0.000000364. The Hall–Kier alpha value is -1.32. The van der Waals surface area contributed by atoms with Gasteiger partial charge in [-0.05, 0) is 13.8 Å². The van der Waals surface area contributed by atoms with Gasteiger partial charge in [0.25, 0.3) is 0 Å². The lowest BCUT2D eigenvalue weighted by Crippen LogP contribution is -2.18. The molecule has 1 rings (SSSR count). The fourth-order valence-corrected chi connectivity index (χ4v) is 0.659. The maximum Gasteiger partial charge on any atom is 0.306 e. The number of hydrogen-bond acceptors (Lipinski definition) is 4. The first-order valence-electron chi connectivity index (χ1n) is 4.45. The highest BCUT2D eigenvalue weighted by atomic mass is 16.6. The van der Waals surface area contributed by atoms with Crippen molar-refractivity contribution in [3.05, 3.63) is 12.2 Å². The van der Waals surface area contributed by atoms with E-state index in [9.17, 15) is 9.59 Å². The highest BCUT2D eigenvalue weighted by Crippen LogP contribution is 1.99. The van der Waals surface area contributed by atoms with Crippen molar-refractivity contribution in [2.75, 3.05) is 13.2 Å². The van der Waals surface area contributed by atoms with Gasteiger partial charge in [0.1, 0.15) is 13.2 Å². The van der Waals surface area contributed by atoms with Gasteiger partial charge in [0, 0.05) is 0 Å². The van der Waals surface area contributed by atoms with E-state index in [0.717, 1.165) is 0 Å².